The van der Waals surface area contributed by atoms with Gasteiger partial charge >= 0.3 is 0 Å². The molecular weight excluding hydrogens is 310 g/mol. The Hall–Kier alpha value is -2.94. The van der Waals surface area contributed by atoms with Gasteiger partial charge in [-0.2, -0.15) is 0 Å². The summed E-state index contributed by atoms with van der Waals surface area (Å²) in [7, 11) is 1.67. The number of benzene rings is 3. The number of rotatable bonds is 7. The minimum absolute atomic E-state index is 0.569. The number of hydrogen-bond acceptors (Lipinski definition) is 3. The van der Waals surface area contributed by atoms with Gasteiger partial charge in [-0.3, -0.25) is 0 Å². The number of methoxy groups -OCH3 is 1. The van der Waals surface area contributed by atoms with Crippen LogP contribution in [0.2, 0.25) is 0 Å². The van der Waals surface area contributed by atoms with E-state index in [-0.39, 0.29) is 0 Å². The van der Waals surface area contributed by atoms with E-state index in [1.807, 2.05) is 42.5 Å². The summed E-state index contributed by atoms with van der Waals surface area (Å²) in [5, 5.41) is 3.42. The van der Waals surface area contributed by atoms with E-state index in [1.54, 1.807) is 7.11 Å². The molecule has 0 atom stereocenters. The summed E-state index contributed by atoms with van der Waals surface area (Å²) in [5.41, 5.74) is 4.61. The number of nitrogens with one attached hydrogen (secondary N) is 1. The van der Waals surface area contributed by atoms with Crippen LogP contribution in [0.25, 0.3) is 0 Å². The van der Waals surface area contributed by atoms with Gasteiger partial charge in [-0.05, 0) is 42.8 Å². The van der Waals surface area contributed by atoms with Crippen LogP contribution in [0, 0.1) is 6.92 Å². The summed E-state index contributed by atoms with van der Waals surface area (Å²) in [6, 6.07) is 24.5. The van der Waals surface area contributed by atoms with E-state index in [2.05, 4.69) is 42.6 Å². The van der Waals surface area contributed by atoms with Crippen LogP contribution in [-0.4, -0.2) is 7.11 Å². The number of aryl methyl sites for hydroxylation is 1. The third kappa shape index (κ3) is 4.77. The molecule has 0 bridgehead atoms. The molecule has 1 N–H and O–H groups in total. The lowest BCUT2D eigenvalue weighted by atomic mass is 10.1. The summed E-state index contributed by atoms with van der Waals surface area (Å²) >= 11 is 0. The molecule has 128 valence electrons. The Bertz CT molecular complexity index is 795. The lowest BCUT2D eigenvalue weighted by molar-refractivity contribution is 0.303. The summed E-state index contributed by atoms with van der Waals surface area (Å²) in [4.78, 5) is 0. The number of anilines is 1. The normalized spacial score (nSPS) is 10.3. The third-order valence-corrected chi connectivity index (χ3v) is 4.06. The highest BCUT2D eigenvalue weighted by Gasteiger charge is 2.04. The van der Waals surface area contributed by atoms with Crippen molar-refractivity contribution in [2.45, 2.75) is 20.1 Å². The molecule has 0 saturated heterocycles. The average Bonchev–Trinajstić information content (AvgIpc) is 2.67. The van der Waals surface area contributed by atoms with Crippen LogP contribution < -0.4 is 14.8 Å². The van der Waals surface area contributed by atoms with E-state index >= 15 is 0 Å². The molecule has 0 spiro atoms. The number of hydrogen-bond donors (Lipinski definition) is 1. The lowest BCUT2D eigenvalue weighted by Crippen LogP contribution is -2.03. The van der Waals surface area contributed by atoms with Gasteiger partial charge in [0.15, 0.2) is 0 Å². The predicted molar refractivity (Wildman–Crippen MR) is 102 cm³/mol. The van der Waals surface area contributed by atoms with Gasteiger partial charge < -0.3 is 14.8 Å². The van der Waals surface area contributed by atoms with Crippen molar-refractivity contribution in [1.82, 2.24) is 0 Å². The van der Waals surface area contributed by atoms with E-state index in [0.717, 1.165) is 22.7 Å². The van der Waals surface area contributed by atoms with Gasteiger partial charge in [0.1, 0.15) is 18.1 Å². The van der Waals surface area contributed by atoms with Crippen molar-refractivity contribution in [1.29, 1.82) is 0 Å². The molecule has 3 rings (SSSR count). The molecular formula is C22H23NO2. The molecule has 3 aromatic carbocycles. The van der Waals surface area contributed by atoms with E-state index in [9.17, 15) is 0 Å². The van der Waals surface area contributed by atoms with Gasteiger partial charge in [0.2, 0.25) is 0 Å². The van der Waals surface area contributed by atoms with Crippen molar-refractivity contribution < 1.29 is 9.47 Å². The van der Waals surface area contributed by atoms with Gasteiger partial charge in [-0.1, -0.05) is 48.0 Å². The van der Waals surface area contributed by atoms with Crippen LogP contribution >= 0.6 is 0 Å². The summed E-state index contributed by atoms with van der Waals surface area (Å²) in [6.45, 7) is 3.36. The highest BCUT2D eigenvalue weighted by molar-refractivity contribution is 5.48. The van der Waals surface area contributed by atoms with Crippen molar-refractivity contribution in [3.05, 3.63) is 89.5 Å². The topological polar surface area (TPSA) is 30.5 Å². The minimum atomic E-state index is 0.569. The molecule has 0 aromatic heterocycles. The largest absolute Gasteiger partial charge is 0.497 e. The van der Waals surface area contributed by atoms with Crippen molar-refractivity contribution in [2.24, 2.45) is 0 Å². The first-order chi connectivity index (χ1) is 12.2. The second kappa shape index (κ2) is 8.25. The van der Waals surface area contributed by atoms with Crippen molar-refractivity contribution in [3.8, 4) is 11.5 Å². The maximum atomic E-state index is 6.03. The molecule has 0 heterocycles. The first-order valence-electron chi connectivity index (χ1n) is 8.39. The Labute approximate surface area is 149 Å². The summed E-state index contributed by atoms with van der Waals surface area (Å²) in [6.07, 6.45) is 0. The van der Waals surface area contributed by atoms with Crippen molar-refractivity contribution >= 4 is 5.69 Å². The van der Waals surface area contributed by atoms with E-state index < -0.39 is 0 Å². The second-order valence-electron chi connectivity index (χ2n) is 5.96. The van der Waals surface area contributed by atoms with Crippen LogP contribution in [0.15, 0.2) is 72.8 Å². The fourth-order valence-electron chi connectivity index (χ4n) is 2.54. The Kier molecular flexibility index (Phi) is 5.57. The van der Waals surface area contributed by atoms with Crippen LogP contribution in [0.1, 0.15) is 16.7 Å². The van der Waals surface area contributed by atoms with Crippen LogP contribution in [0.4, 0.5) is 5.69 Å². The monoisotopic (exact) mass is 333 g/mol. The van der Waals surface area contributed by atoms with Gasteiger partial charge in [0.05, 0.1) is 7.11 Å². The molecule has 3 aromatic rings. The first-order valence-corrected chi connectivity index (χ1v) is 8.39. The molecule has 0 aliphatic rings. The zero-order valence-corrected chi connectivity index (χ0v) is 14.7. The summed E-state index contributed by atoms with van der Waals surface area (Å²) < 4.78 is 11.2. The molecule has 3 nitrogen and oxygen atoms in total. The standard InChI is InChI=1S/C22H23NO2/c1-17-7-9-18(10-8-17)16-25-22-6-4-3-5-19(22)15-23-20-11-13-21(24-2)14-12-20/h3-14,23H,15-16H2,1-2H3. The summed E-state index contributed by atoms with van der Waals surface area (Å²) in [5.74, 6) is 1.76. The number of para-hydroxylation sites is 1. The average molecular weight is 333 g/mol. The van der Waals surface area contributed by atoms with E-state index in [1.165, 1.54) is 11.1 Å². The van der Waals surface area contributed by atoms with E-state index in [4.69, 9.17) is 9.47 Å². The molecule has 0 saturated carbocycles. The van der Waals surface area contributed by atoms with Gasteiger partial charge in [0, 0.05) is 17.8 Å². The van der Waals surface area contributed by atoms with Crippen molar-refractivity contribution in [2.75, 3.05) is 12.4 Å². The smallest absolute Gasteiger partial charge is 0.124 e. The zero-order chi connectivity index (χ0) is 17.5. The molecule has 3 heteroatoms. The van der Waals surface area contributed by atoms with Crippen LogP contribution in [0.5, 0.6) is 11.5 Å². The first kappa shape index (κ1) is 16.9. The van der Waals surface area contributed by atoms with Crippen molar-refractivity contribution in [3.63, 3.8) is 0 Å². The highest BCUT2D eigenvalue weighted by atomic mass is 16.5. The minimum Gasteiger partial charge on any atom is -0.497 e. The SMILES string of the molecule is COc1ccc(NCc2ccccc2OCc2ccc(C)cc2)cc1. The zero-order valence-electron chi connectivity index (χ0n) is 14.7. The fraction of sp³-hybridized carbons (Fsp3) is 0.182. The maximum absolute atomic E-state index is 6.03. The molecule has 0 radical (unpaired) electrons. The van der Waals surface area contributed by atoms with Crippen LogP contribution in [-0.2, 0) is 13.2 Å². The van der Waals surface area contributed by atoms with Gasteiger partial charge in [-0.25, -0.2) is 0 Å². The second-order valence-corrected chi connectivity index (χ2v) is 5.96. The lowest BCUT2D eigenvalue weighted by Gasteiger charge is -2.13. The van der Waals surface area contributed by atoms with Gasteiger partial charge in [0.25, 0.3) is 0 Å². The molecule has 0 amide bonds. The fourth-order valence-corrected chi connectivity index (χ4v) is 2.54. The maximum Gasteiger partial charge on any atom is 0.124 e. The quantitative estimate of drug-likeness (QED) is 0.645. The molecule has 25 heavy (non-hydrogen) atoms. The van der Waals surface area contributed by atoms with E-state index in [0.29, 0.717) is 13.2 Å². The Morgan fingerprint density at radius 3 is 2.28 bits per heavy atom. The molecule has 0 unspecified atom stereocenters. The van der Waals surface area contributed by atoms with Crippen LogP contribution in [0.3, 0.4) is 0 Å². The third-order valence-electron chi connectivity index (χ3n) is 4.06. The Morgan fingerprint density at radius 2 is 1.56 bits per heavy atom. The highest BCUT2D eigenvalue weighted by Crippen LogP contribution is 2.22. The Balaban J connectivity index is 1.62. The molecule has 0 aliphatic heterocycles. The van der Waals surface area contributed by atoms with Gasteiger partial charge in [-0.15, -0.1) is 0 Å². The molecule has 0 fully saturated rings. The Morgan fingerprint density at radius 1 is 0.840 bits per heavy atom. The molecule has 0 aliphatic carbocycles. The predicted octanol–water partition coefficient (Wildman–Crippen LogP) is 5.19. The number of ether oxygens (including phenoxy) is 2.